The molecular weight excluding hydrogens is 256 g/mol. The molecule has 0 radical (unpaired) electrons. The molecule has 2 heterocycles. The first kappa shape index (κ1) is 13.0. The highest BCUT2D eigenvalue weighted by atomic mass is 16.5. The van der Waals surface area contributed by atoms with Crippen molar-refractivity contribution in [3.8, 4) is 11.5 Å². The normalized spacial score (nSPS) is 16.2. The number of amides is 1. The molecule has 1 amide bonds. The van der Waals surface area contributed by atoms with Gasteiger partial charge >= 0.3 is 0 Å². The summed E-state index contributed by atoms with van der Waals surface area (Å²) in [7, 11) is 0. The molecule has 1 aliphatic rings. The van der Waals surface area contributed by atoms with Gasteiger partial charge in [0.15, 0.2) is 5.76 Å². The lowest BCUT2D eigenvalue weighted by Gasteiger charge is -2.20. The number of nitrogens with zero attached hydrogens (tertiary/aromatic N) is 1. The van der Waals surface area contributed by atoms with Gasteiger partial charge in [-0.05, 0) is 25.0 Å². The number of carbonyl (C=O) groups is 1. The van der Waals surface area contributed by atoms with E-state index in [1.54, 1.807) is 18.4 Å². The average molecular weight is 274 g/mol. The van der Waals surface area contributed by atoms with Crippen molar-refractivity contribution in [2.24, 2.45) is 5.92 Å². The zero-order valence-electron chi connectivity index (χ0n) is 11.3. The summed E-state index contributed by atoms with van der Waals surface area (Å²) in [6, 6.07) is 5.40. The molecule has 0 saturated heterocycles. The van der Waals surface area contributed by atoms with Crippen LogP contribution >= 0.6 is 0 Å². The van der Waals surface area contributed by atoms with E-state index in [2.05, 4.69) is 10.5 Å². The van der Waals surface area contributed by atoms with Crippen LogP contribution in [0, 0.1) is 5.92 Å². The van der Waals surface area contributed by atoms with Crippen LogP contribution in [0.2, 0.25) is 0 Å². The summed E-state index contributed by atoms with van der Waals surface area (Å²) >= 11 is 0. The van der Waals surface area contributed by atoms with Crippen LogP contribution in [-0.4, -0.2) is 11.1 Å². The molecule has 0 aliphatic heterocycles. The topological polar surface area (TPSA) is 68.3 Å². The summed E-state index contributed by atoms with van der Waals surface area (Å²) in [5.41, 5.74) is 0.709. The summed E-state index contributed by atoms with van der Waals surface area (Å²) in [6.07, 6.45) is 7.15. The van der Waals surface area contributed by atoms with Gasteiger partial charge in [0, 0.05) is 12.0 Å². The fourth-order valence-corrected chi connectivity index (χ4v) is 2.62. The zero-order chi connectivity index (χ0) is 13.8. The van der Waals surface area contributed by atoms with Gasteiger partial charge in [-0.25, -0.2) is 0 Å². The predicted octanol–water partition coefficient (Wildman–Crippen LogP) is 3.13. The molecule has 1 N–H and O–H groups in total. The Kier molecular flexibility index (Phi) is 3.85. The largest absolute Gasteiger partial charge is 0.461 e. The van der Waals surface area contributed by atoms with E-state index in [1.807, 2.05) is 6.07 Å². The van der Waals surface area contributed by atoms with Crippen LogP contribution in [0.25, 0.3) is 11.5 Å². The van der Waals surface area contributed by atoms with Gasteiger partial charge in [0.05, 0.1) is 12.8 Å². The van der Waals surface area contributed by atoms with E-state index in [4.69, 9.17) is 8.94 Å². The van der Waals surface area contributed by atoms with Crippen molar-refractivity contribution in [2.75, 3.05) is 0 Å². The van der Waals surface area contributed by atoms with Gasteiger partial charge in [-0.2, -0.15) is 0 Å². The van der Waals surface area contributed by atoms with Gasteiger partial charge in [0.1, 0.15) is 5.69 Å². The third kappa shape index (κ3) is 2.92. The minimum atomic E-state index is 0.132. The molecule has 1 aliphatic carbocycles. The highest BCUT2D eigenvalue weighted by molar-refractivity contribution is 5.78. The van der Waals surface area contributed by atoms with Crippen molar-refractivity contribution < 1.29 is 13.7 Å². The van der Waals surface area contributed by atoms with Crippen molar-refractivity contribution in [1.82, 2.24) is 10.5 Å². The Hall–Kier alpha value is -2.04. The van der Waals surface area contributed by atoms with Gasteiger partial charge in [-0.1, -0.05) is 24.4 Å². The summed E-state index contributed by atoms with van der Waals surface area (Å²) in [6.45, 7) is 0.402. The number of hydrogen-bond donors (Lipinski definition) is 1. The van der Waals surface area contributed by atoms with Crippen molar-refractivity contribution in [3.63, 3.8) is 0 Å². The van der Waals surface area contributed by atoms with E-state index in [1.165, 1.54) is 6.42 Å². The number of rotatable bonds is 4. The lowest BCUT2D eigenvalue weighted by molar-refractivity contribution is -0.126. The molecule has 1 fully saturated rings. The van der Waals surface area contributed by atoms with E-state index < -0.39 is 0 Å². The lowest BCUT2D eigenvalue weighted by atomic mass is 9.89. The van der Waals surface area contributed by atoms with Crippen LogP contribution in [-0.2, 0) is 11.3 Å². The highest BCUT2D eigenvalue weighted by Crippen LogP contribution is 2.24. The minimum Gasteiger partial charge on any atom is -0.461 e. The van der Waals surface area contributed by atoms with Crippen molar-refractivity contribution in [2.45, 2.75) is 38.6 Å². The molecule has 5 nitrogen and oxygen atoms in total. The molecule has 106 valence electrons. The van der Waals surface area contributed by atoms with Gasteiger partial charge in [-0.15, -0.1) is 0 Å². The first-order valence-electron chi connectivity index (χ1n) is 7.10. The molecule has 0 bridgehead atoms. The Balaban J connectivity index is 1.54. The number of carbonyl (C=O) groups excluding carboxylic acids is 1. The molecule has 1 saturated carbocycles. The quantitative estimate of drug-likeness (QED) is 0.930. The van der Waals surface area contributed by atoms with Crippen LogP contribution in [0.15, 0.2) is 33.4 Å². The molecule has 2 aromatic heterocycles. The molecular formula is C15H18N2O3. The Morgan fingerprint density at radius 2 is 2.15 bits per heavy atom. The molecule has 20 heavy (non-hydrogen) atoms. The average Bonchev–Trinajstić information content (AvgIpc) is 3.16. The maximum absolute atomic E-state index is 12.0. The lowest BCUT2D eigenvalue weighted by Crippen LogP contribution is -2.31. The number of furan rings is 1. The molecule has 0 aromatic carbocycles. The van der Waals surface area contributed by atoms with E-state index in [-0.39, 0.29) is 11.8 Å². The molecule has 3 rings (SSSR count). The van der Waals surface area contributed by atoms with Gasteiger partial charge in [-0.3, -0.25) is 4.79 Å². The summed E-state index contributed by atoms with van der Waals surface area (Å²) < 4.78 is 10.4. The van der Waals surface area contributed by atoms with E-state index in [0.717, 1.165) is 25.7 Å². The summed E-state index contributed by atoms with van der Waals surface area (Å²) in [4.78, 5) is 12.0. The highest BCUT2D eigenvalue weighted by Gasteiger charge is 2.21. The van der Waals surface area contributed by atoms with Gasteiger partial charge in [0.25, 0.3) is 0 Å². The van der Waals surface area contributed by atoms with Crippen LogP contribution in [0.3, 0.4) is 0 Å². The first-order chi connectivity index (χ1) is 9.83. The molecule has 5 heteroatoms. The second-order valence-corrected chi connectivity index (χ2v) is 5.21. The maximum Gasteiger partial charge on any atom is 0.223 e. The third-order valence-electron chi connectivity index (χ3n) is 3.74. The summed E-state index contributed by atoms with van der Waals surface area (Å²) in [5.74, 6) is 1.52. The second-order valence-electron chi connectivity index (χ2n) is 5.21. The SMILES string of the molecule is O=C(NCc1cc(-c2ccco2)on1)C1CCCCC1. The molecule has 0 atom stereocenters. The minimum absolute atomic E-state index is 0.132. The Bertz CT molecular complexity index is 553. The first-order valence-corrected chi connectivity index (χ1v) is 7.10. The maximum atomic E-state index is 12.0. The van der Waals surface area contributed by atoms with Crippen LogP contribution in [0.4, 0.5) is 0 Å². The van der Waals surface area contributed by atoms with Gasteiger partial charge < -0.3 is 14.3 Å². The Morgan fingerprint density at radius 3 is 2.90 bits per heavy atom. The molecule has 0 unspecified atom stereocenters. The van der Waals surface area contributed by atoms with E-state index >= 15 is 0 Å². The van der Waals surface area contributed by atoms with Crippen molar-refractivity contribution >= 4 is 5.91 Å². The number of nitrogens with one attached hydrogen (secondary N) is 1. The van der Waals surface area contributed by atoms with E-state index in [0.29, 0.717) is 23.8 Å². The number of aromatic nitrogens is 1. The predicted molar refractivity (Wildman–Crippen MR) is 72.6 cm³/mol. The van der Waals surface area contributed by atoms with Crippen LogP contribution in [0.1, 0.15) is 37.8 Å². The molecule has 2 aromatic rings. The van der Waals surface area contributed by atoms with Crippen molar-refractivity contribution in [3.05, 3.63) is 30.2 Å². The summed E-state index contributed by atoms with van der Waals surface area (Å²) in [5, 5.41) is 6.87. The van der Waals surface area contributed by atoms with Crippen molar-refractivity contribution in [1.29, 1.82) is 0 Å². The van der Waals surface area contributed by atoms with Crippen LogP contribution < -0.4 is 5.32 Å². The fourth-order valence-electron chi connectivity index (χ4n) is 2.62. The second kappa shape index (κ2) is 5.94. The Morgan fingerprint density at radius 1 is 1.30 bits per heavy atom. The monoisotopic (exact) mass is 274 g/mol. The third-order valence-corrected chi connectivity index (χ3v) is 3.74. The van der Waals surface area contributed by atoms with Crippen LogP contribution in [0.5, 0.6) is 0 Å². The zero-order valence-corrected chi connectivity index (χ0v) is 11.3. The fraction of sp³-hybridized carbons (Fsp3) is 0.467. The van der Waals surface area contributed by atoms with E-state index in [9.17, 15) is 4.79 Å². The Labute approximate surface area is 117 Å². The smallest absolute Gasteiger partial charge is 0.223 e. The number of hydrogen-bond acceptors (Lipinski definition) is 4. The standard InChI is InChI=1S/C15H18N2O3/c18-15(11-5-2-1-3-6-11)16-10-12-9-14(20-17-12)13-7-4-8-19-13/h4,7-9,11H,1-3,5-6,10H2,(H,16,18). The van der Waals surface area contributed by atoms with Gasteiger partial charge in [0.2, 0.25) is 11.7 Å². The molecule has 0 spiro atoms.